The van der Waals surface area contributed by atoms with Gasteiger partial charge in [-0.15, -0.1) is 0 Å². The molecule has 1 amide bonds. The van der Waals surface area contributed by atoms with Crippen LogP contribution in [0.25, 0.3) is 0 Å². The van der Waals surface area contributed by atoms with Crippen molar-refractivity contribution in [3.05, 3.63) is 12.2 Å². The number of amides is 1. The van der Waals surface area contributed by atoms with E-state index in [-0.39, 0.29) is 18.0 Å². The van der Waals surface area contributed by atoms with Crippen molar-refractivity contribution in [1.82, 2.24) is 4.90 Å². The summed E-state index contributed by atoms with van der Waals surface area (Å²) in [7, 11) is 0. The molecule has 0 aromatic heterocycles. The third kappa shape index (κ3) is 2.29. The summed E-state index contributed by atoms with van der Waals surface area (Å²) in [4.78, 5) is 14.4. The van der Waals surface area contributed by atoms with Crippen molar-refractivity contribution in [2.75, 3.05) is 6.61 Å². The van der Waals surface area contributed by atoms with Crippen molar-refractivity contribution in [2.24, 2.45) is 0 Å². The highest BCUT2D eigenvalue weighted by atomic mass is 16.5. The quantitative estimate of drug-likeness (QED) is 0.687. The Balaban J connectivity index is 2.93. The standard InChI is InChI=1S/C13H23NO2/c1-6-13(8-7-9-16-13)12(15)14(10(2)3)11(4)5/h7-8,10-11H,6,9H2,1-5H3. The van der Waals surface area contributed by atoms with Gasteiger partial charge in [-0.25, -0.2) is 0 Å². The average molecular weight is 225 g/mol. The van der Waals surface area contributed by atoms with Gasteiger partial charge in [-0.2, -0.15) is 0 Å². The number of nitrogens with zero attached hydrogens (tertiary/aromatic N) is 1. The molecule has 92 valence electrons. The lowest BCUT2D eigenvalue weighted by Gasteiger charge is -2.37. The summed E-state index contributed by atoms with van der Waals surface area (Å²) >= 11 is 0. The first-order valence-electron chi connectivity index (χ1n) is 6.09. The second-order valence-corrected chi connectivity index (χ2v) is 4.86. The van der Waals surface area contributed by atoms with Crippen LogP contribution < -0.4 is 0 Å². The van der Waals surface area contributed by atoms with Crippen LogP contribution in [0.3, 0.4) is 0 Å². The van der Waals surface area contributed by atoms with Gasteiger partial charge in [-0.05, 0) is 40.2 Å². The zero-order valence-corrected chi connectivity index (χ0v) is 11.0. The SMILES string of the molecule is CCC1(C(=O)N(C(C)C)C(C)C)C=CCO1. The summed E-state index contributed by atoms with van der Waals surface area (Å²) in [6, 6.07) is 0.405. The highest BCUT2D eigenvalue weighted by Gasteiger charge is 2.41. The molecule has 0 saturated heterocycles. The Hall–Kier alpha value is -0.830. The van der Waals surface area contributed by atoms with E-state index in [9.17, 15) is 4.79 Å². The van der Waals surface area contributed by atoms with Crippen LogP contribution in [-0.4, -0.2) is 35.1 Å². The first-order chi connectivity index (χ1) is 7.44. The molecule has 0 aliphatic carbocycles. The Morgan fingerprint density at radius 3 is 2.25 bits per heavy atom. The summed E-state index contributed by atoms with van der Waals surface area (Å²) in [5.74, 6) is 0.0914. The molecule has 0 fully saturated rings. The predicted octanol–water partition coefficient (Wildman–Crippen LogP) is 2.37. The normalized spacial score (nSPS) is 24.4. The largest absolute Gasteiger partial charge is 0.357 e. The van der Waals surface area contributed by atoms with Gasteiger partial charge < -0.3 is 9.64 Å². The van der Waals surface area contributed by atoms with E-state index in [4.69, 9.17) is 4.74 Å². The molecule has 16 heavy (non-hydrogen) atoms. The number of hydrogen-bond acceptors (Lipinski definition) is 2. The minimum absolute atomic E-state index is 0.0914. The van der Waals surface area contributed by atoms with Gasteiger partial charge in [0, 0.05) is 12.1 Å². The summed E-state index contributed by atoms with van der Waals surface area (Å²) in [5.41, 5.74) is -0.714. The maximum atomic E-state index is 12.5. The van der Waals surface area contributed by atoms with Crippen LogP contribution in [-0.2, 0) is 9.53 Å². The molecule has 3 heteroatoms. The third-order valence-electron chi connectivity index (χ3n) is 3.06. The molecule has 1 atom stereocenters. The van der Waals surface area contributed by atoms with E-state index in [0.717, 1.165) is 0 Å². The van der Waals surface area contributed by atoms with Gasteiger partial charge in [0.2, 0.25) is 0 Å². The van der Waals surface area contributed by atoms with Crippen LogP contribution >= 0.6 is 0 Å². The van der Waals surface area contributed by atoms with Crippen molar-refractivity contribution in [3.8, 4) is 0 Å². The van der Waals surface area contributed by atoms with Crippen LogP contribution in [0, 0.1) is 0 Å². The van der Waals surface area contributed by atoms with Gasteiger partial charge in [0.15, 0.2) is 5.60 Å². The average Bonchev–Trinajstić information content (AvgIpc) is 2.65. The Kier molecular flexibility index (Phi) is 4.14. The number of hydrogen-bond donors (Lipinski definition) is 0. The molecule has 0 spiro atoms. The maximum Gasteiger partial charge on any atom is 0.259 e. The molecule has 1 rings (SSSR count). The molecule has 0 N–H and O–H groups in total. The van der Waals surface area contributed by atoms with E-state index in [1.807, 2.05) is 51.7 Å². The minimum atomic E-state index is -0.714. The van der Waals surface area contributed by atoms with Gasteiger partial charge >= 0.3 is 0 Å². The summed E-state index contributed by atoms with van der Waals surface area (Å²) < 4.78 is 5.63. The molecule has 3 nitrogen and oxygen atoms in total. The van der Waals surface area contributed by atoms with E-state index in [2.05, 4.69) is 0 Å². The lowest BCUT2D eigenvalue weighted by atomic mass is 9.97. The van der Waals surface area contributed by atoms with E-state index in [1.54, 1.807) is 0 Å². The fourth-order valence-electron chi connectivity index (χ4n) is 2.27. The number of rotatable bonds is 4. The van der Waals surface area contributed by atoms with E-state index in [0.29, 0.717) is 13.0 Å². The van der Waals surface area contributed by atoms with Gasteiger partial charge in [-0.3, -0.25) is 4.79 Å². The molecule has 0 saturated carbocycles. The molecule has 1 heterocycles. The first kappa shape index (κ1) is 13.2. The zero-order chi connectivity index (χ0) is 12.3. The Labute approximate surface area is 98.5 Å². The third-order valence-corrected chi connectivity index (χ3v) is 3.06. The van der Waals surface area contributed by atoms with Gasteiger partial charge in [0.25, 0.3) is 5.91 Å². The molecule has 0 bridgehead atoms. The number of carbonyl (C=O) groups is 1. The number of ether oxygens (including phenoxy) is 1. The Morgan fingerprint density at radius 1 is 1.38 bits per heavy atom. The van der Waals surface area contributed by atoms with Gasteiger partial charge in [0.05, 0.1) is 6.61 Å². The molecule has 0 aromatic rings. The Morgan fingerprint density at radius 2 is 1.94 bits per heavy atom. The van der Waals surface area contributed by atoms with Crippen molar-refractivity contribution in [3.63, 3.8) is 0 Å². The summed E-state index contributed by atoms with van der Waals surface area (Å²) in [6.45, 7) is 10.7. The molecular weight excluding hydrogens is 202 g/mol. The second kappa shape index (κ2) is 5.00. The molecule has 1 aliphatic heterocycles. The van der Waals surface area contributed by atoms with E-state index in [1.165, 1.54) is 0 Å². The monoisotopic (exact) mass is 225 g/mol. The van der Waals surface area contributed by atoms with Crippen LogP contribution in [0.15, 0.2) is 12.2 Å². The maximum absolute atomic E-state index is 12.5. The van der Waals surface area contributed by atoms with E-state index < -0.39 is 5.60 Å². The summed E-state index contributed by atoms with van der Waals surface area (Å²) in [6.07, 6.45) is 4.53. The fraction of sp³-hybridized carbons (Fsp3) is 0.769. The fourth-order valence-corrected chi connectivity index (χ4v) is 2.27. The lowest BCUT2D eigenvalue weighted by molar-refractivity contribution is -0.153. The first-order valence-corrected chi connectivity index (χ1v) is 6.09. The molecule has 0 radical (unpaired) electrons. The predicted molar refractivity (Wildman–Crippen MR) is 65.2 cm³/mol. The number of carbonyl (C=O) groups excluding carboxylic acids is 1. The highest BCUT2D eigenvalue weighted by molar-refractivity contribution is 5.88. The smallest absolute Gasteiger partial charge is 0.259 e. The minimum Gasteiger partial charge on any atom is -0.357 e. The molecule has 1 aliphatic rings. The van der Waals surface area contributed by atoms with Crippen molar-refractivity contribution in [1.29, 1.82) is 0 Å². The lowest BCUT2D eigenvalue weighted by Crippen LogP contribution is -2.53. The molecular formula is C13H23NO2. The zero-order valence-electron chi connectivity index (χ0n) is 11.0. The molecule has 1 unspecified atom stereocenters. The highest BCUT2D eigenvalue weighted by Crippen LogP contribution is 2.27. The van der Waals surface area contributed by atoms with Crippen molar-refractivity contribution in [2.45, 2.75) is 58.7 Å². The van der Waals surface area contributed by atoms with Gasteiger partial charge in [0.1, 0.15) is 0 Å². The van der Waals surface area contributed by atoms with Gasteiger partial charge in [-0.1, -0.05) is 13.0 Å². The van der Waals surface area contributed by atoms with Crippen LogP contribution in [0.5, 0.6) is 0 Å². The van der Waals surface area contributed by atoms with Crippen molar-refractivity contribution < 1.29 is 9.53 Å². The summed E-state index contributed by atoms with van der Waals surface area (Å²) in [5, 5.41) is 0. The second-order valence-electron chi connectivity index (χ2n) is 4.86. The Bertz CT molecular complexity index is 276. The van der Waals surface area contributed by atoms with Crippen LogP contribution in [0.2, 0.25) is 0 Å². The van der Waals surface area contributed by atoms with Crippen LogP contribution in [0.4, 0.5) is 0 Å². The topological polar surface area (TPSA) is 29.5 Å². The van der Waals surface area contributed by atoms with E-state index >= 15 is 0 Å². The van der Waals surface area contributed by atoms with Crippen molar-refractivity contribution >= 4 is 5.91 Å². The van der Waals surface area contributed by atoms with Crippen LogP contribution in [0.1, 0.15) is 41.0 Å². The molecule has 0 aromatic carbocycles.